The molecule has 24 heavy (non-hydrogen) atoms. The quantitative estimate of drug-likeness (QED) is 0.597. The van der Waals surface area contributed by atoms with Crippen LogP contribution in [0.5, 0.6) is 11.5 Å². The molecule has 0 atom stereocenters. The lowest BCUT2D eigenvalue weighted by Gasteiger charge is -2.14. The molecule has 0 heterocycles. The molecule has 4 nitrogen and oxygen atoms in total. The zero-order chi connectivity index (χ0) is 17.7. The molecule has 0 radical (unpaired) electrons. The molecule has 0 saturated carbocycles. The van der Waals surface area contributed by atoms with Crippen LogP contribution in [0.25, 0.3) is 0 Å². The maximum absolute atomic E-state index is 12.3. The summed E-state index contributed by atoms with van der Waals surface area (Å²) in [6.07, 6.45) is 0. The summed E-state index contributed by atoms with van der Waals surface area (Å²) >= 11 is 14.3. The van der Waals surface area contributed by atoms with Gasteiger partial charge < -0.3 is 14.8 Å². The van der Waals surface area contributed by atoms with E-state index in [1.54, 1.807) is 37.4 Å². The number of carbonyl (C=O) groups is 1. The molecule has 0 aromatic heterocycles. The van der Waals surface area contributed by atoms with Crippen molar-refractivity contribution in [2.24, 2.45) is 0 Å². The SMILES string of the molecule is CCOc1c(Cl)cc(CNC(=O)c2cc(Cl)ccc2I)cc1OC. The second-order valence-corrected chi connectivity index (χ2v) is 6.85. The Labute approximate surface area is 164 Å². The lowest BCUT2D eigenvalue weighted by atomic mass is 10.1. The maximum Gasteiger partial charge on any atom is 0.252 e. The summed E-state index contributed by atoms with van der Waals surface area (Å²) < 4.78 is 11.6. The van der Waals surface area contributed by atoms with Crippen molar-refractivity contribution in [1.82, 2.24) is 5.32 Å². The van der Waals surface area contributed by atoms with Crippen LogP contribution in [0.4, 0.5) is 0 Å². The summed E-state index contributed by atoms with van der Waals surface area (Å²) in [6.45, 7) is 2.67. The molecule has 2 aromatic rings. The molecular formula is C17H16Cl2INO3. The van der Waals surface area contributed by atoms with Gasteiger partial charge in [0.15, 0.2) is 11.5 Å². The van der Waals surface area contributed by atoms with Gasteiger partial charge in [0.2, 0.25) is 0 Å². The van der Waals surface area contributed by atoms with Gasteiger partial charge >= 0.3 is 0 Å². The number of hydrogen-bond donors (Lipinski definition) is 1. The Morgan fingerprint density at radius 3 is 2.67 bits per heavy atom. The van der Waals surface area contributed by atoms with Crippen LogP contribution in [0.2, 0.25) is 10.0 Å². The van der Waals surface area contributed by atoms with Crippen molar-refractivity contribution in [3.63, 3.8) is 0 Å². The standard InChI is InChI=1S/C17H16Cl2INO3/c1-3-24-16-13(19)6-10(7-15(16)23-2)9-21-17(22)12-8-11(18)4-5-14(12)20/h4-8H,3,9H2,1-2H3,(H,21,22). The van der Waals surface area contributed by atoms with E-state index in [-0.39, 0.29) is 5.91 Å². The maximum atomic E-state index is 12.3. The first-order valence-electron chi connectivity index (χ1n) is 7.18. The Hall–Kier alpha value is -1.18. The van der Waals surface area contributed by atoms with Crippen molar-refractivity contribution in [2.45, 2.75) is 13.5 Å². The molecule has 0 unspecified atom stereocenters. The summed E-state index contributed by atoms with van der Waals surface area (Å²) in [6, 6.07) is 8.73. The number of hydrogen-bond acceptors (Lipinski definition) is 3. The van der Waals surface area contributed by atoms with Crippen LogP contribution in [0.1, 0.15) is 22.8 Å². The smallest absolute Gasteiger partial charge is 0.252 e. The topological polar surface area (TPSA) is 47.6 Å². The lowest BCUT2D eigenvalue weighted by molar-refractivity contribution is 0.0950. The number of carbonyl (C=O) groups excluding carboxylic acids is 1. The van der Waals surface area contributed by atoms with E-state index >= 15 is 0 Å². The Morgan fingerprint density at radius 2 is 2.00 bits per heavy atom. The van der Waals surface area contributed by atoms with Crippen LogP contribution in [0.15, 0.2) is 30.3 Å². The number of benzene rings is 2. The van der Waals surface area contributed by atoms with Crippen molar-refractivity contribution < 1.29 is 14.3 Å². The fourth-order valence-electron chi connectivity index (χ4n) is 2.11. The van der Waals surface area contributed by atoms with E-state index < -0.39 is 0 Å². The van der Waals surface area contributed by atoms with Gasteiger partial charge in [-0.2, -0.15) is 0 Å². The summed E-state index contributed by atoms with van der Waals surface area (Å²) in [4.78, 5) is 12.3. The van der Waals surface area contributed by atoms with Gasteiger partial charge in [-0.1, -0.05) is 23.2 Å². The van der Waals surface area contributed by atoms with Crippen LogP contribution >= 0.6 is 45.8 Å². The third-order valence-corrected chi connectivity index (χ3v) is 4.66. The van der Waals surface area contributed by atoms with Crippen molar-refractivity contribution in [3.05, 3.63) is 55.1 Å². The van der Waals surface area contributed by atoms with Crippen LogP contribution in [0, 0.1) is 3.57 Å². The van der Waals surface area contributed by atoms with E-state index in [1.807, 2.05) is 6.92 Å². The average Bonchev–Trinajstić information content (AvgIpc) is 2.56. The molecule has 1 amide bonds. The minimum atomic E-state index is -0.203. The van der Waals surface area contributed by atoms with Gasteiger partial charge in [-0.05, 0) is 65.4 Å². The fourth-order valence-corrected chi connectivity index (χ4v) is 3.15. The molecule has 1 N–H and O–H groups in total. The summed E-state index contributed by atoms with van der Waals surface area (Å²) in [7, 11) is 1.55. The van der Waals surface area contributed by atoms with Gasteiger partial charge in [-0.3, -0.25) is 4.79 Å². The minimum absolute atomic E-state index is 0.203. The largest absolute Gasteiger partial charge is 0.493 e. The predicted octanol–water partition coefficient (Wildman–Crippen LogP) is 4.94. The van der Waals surface area contributed by atoms with E-state index in [9.17, 15) is 4.79 Å². The zero-order valence-electron chi connectivity index (χ0n) is 13.2. The Bertz CT molecular complexity index is 753. The predicted molar refractivity (Wildman–Crippen MR) is 105 cm³/mol. The minimum Gasteiger partial charge on any atom is -0.493 e. The summed E-state index contributed by atoms with van der Waals surface area (Å²) in [5.41, 5.74) is 1.35. The molecule has 0 aliphatic carbocycles. The molecule has 2 aromatic carbocycles. The molecule has 0 saturated heterocycles. The van der Waals surface area contributed by atoms with E-state index in [1.165, 1.54) is 0 Å². The van der Waals surface area contributed by atoms with Crippen molar-refractivity contribution in [2.75, 3.05) is 13.7 Å². The Balaban J connectivity index is 2.15. The fraction of sp³-hybridized carbons (Fsp3) is 0.235. The Morgan fingerprint density at radius 1 is 1.25 bits per heavy atom. The highest BCUT2D eigenvalue weighted by atomic mass is 127. The molecule has 7 heteroatoms. The Kier molecular flexibility index (Phi) is 7.01. The van der Waals surface area contributed by atoms with Gasteiger partial charge in [0.25, 0.3) is 5.91 Å². The van der Waals surface area contributed by atoms with E-state index in [0.29, 0.717) is 40.3 Å². The van der Waals surface area contributed by atoms with Crippen molar-refractivity contribution >= 4 is 51.7 Å². The van der Waals surface area contributed by atoms with E-state index in [0.717, 1.165) is 9.13 Å². The first-order valence-corrected chi connectivity index (χ1v) is 9.02. The first kappa shape index (κ1) is 19.1. The second-order valence-electron chi connectivity index (χ2n) is 4.85. The first-order chi connectivity index (χ1) is 11.5. The number of nitrogens with one attached hydrogen (secondary N) is 1. The lowest BCUT2D eigenvalue weighted by Crippen LogP contribution is -2.23. The molecule has 0 aliphatic heterocycles. The van der Waals surface area contributed by atoms with Gasteiger partial charge in [-0.15, -0.1) is 0 Å². The van der Waals surface area contributed by atoms with Crippen LogP contribution in [-0.4, -0.2) is 19.6 Å². The normalized spacial score (nSPS) is 10.4. The highest BCUT2D eigenvalue weighted by molar-refractivity contribution is 14.1. The molecule has 128 valence electrons. The highest BCUT2D eigenvalue weighted by Gasteiger charge is 2.14. The molecule has 0 bridgehead atoms. The van der Waals surface area contributed by atoms with Gasteiger partial charge in [-0.25, -0.2) is 0 Å². The number of methoxy groups -OCH3 is 1. The average molecular weight is 480 g/mol. The second kappa shape index (κ2) is 8.78. The van der Waals surface area contributed by atoms with Crippen molar-refractivity contribution in [1.29, 1.82) is 0 Å². The monoisotopic (exact) mass is 479 g/mol. The van der Waals surface area contributed by atoms with Crippen LogP contribution in [-0.2, 0) is 6.54 Å². The molecular weight excluding hydrogens is 464 g/mol. The van der Waals surface area contributed by atoms with Crippen LogP contribution < -0.4 is 14.8 Å². The van der Waals surface area contributed by atoms with Crippen molar-refractivity contribution in [3.8, 4) is 11.5 Å². The molecule has 0 spiro atoms. The molecule has 0 fully saturated rings. The van der Waals surface area contributed by atoms with E-state index in [4.69, 9.17) is 32.7 Å². The van der Waals surface area contributed by atoms with Gasteiger partial charge in [0.1, 0.15) is 0 Å². The highest BCUT2D eigenvalue weighted by Crippen LogP contribution is 2.36. The van der Waals surface area contributed by atoms with Gasteiger partial charge in [0.05, 0.1) is 24.3 Å². The zero-order valence-corrected chi connectivity index (χ0v) is 16.8. The summed E-state index contributed by atoms with van der Waals surface area (Å²) in [5.74, 6) is 0.831. The number of rotatable bonds is 6. The number of halogens is 3. The number of amides is 1. The summed E-state index contributed by atoms with van der Waals surface area (Å²) in [5, 5.41) is 3.82. The molecule has 2 rings (SSSR count). The van der Waals surface area contributed by atoms with Gasteiger partial charge in [0, 0.05) is 15.1 Å². The third kappa shape index (κ3) is 4.68. The molecule has 0 aliphatic rings. The van der Waals surface area contributed by atoms with Crippen LogP contribution in [0.3, 0.4) is 0 Å². The van der Waals surface area contributed by atoms with E-state index in [2.05, 4.69) is 27.9 Å². The third-order valence-electron chi connectivity index (χ3n) is 3.20. The number of ether oxygens (including phenoxy) is 2.